The first-order valence-electron chi connectivity index (χ1n) is 9.44. The van der Waals surface area contributed by atoms with E-state index in [0.717, 1.165) is 5.69 Å². The van der Waals surface area contributed by atoms with Gasteiger partial charge in [0.2, 0.25) is 0 Å². The van der Waals surface area contributed by atoms with Gasteiger partial charge in [-0.05, 0) is 31.2 Å². The molecule has 1 unspecified atom stereocenters. The standard InChI is InChI=1S/C22H20N4O4/c1-15(27)16-6-5-9-20(10-16)30-14-19(28)13-26-22(29)21-17(11-23-26)12-25(24-21)18-7-3-2-4-8-18/h2-12,19,28H,13-14H2,1H3. The summed E-state index contributed by atoms with van der Waals surface area (Å²) in [5.74, 6) is 0.402. The number of aliphatic hydroxyl groups excluding tert-OH is 1. The van der Waals surface area contributed by atoms with Crippen molar-refractivity contribution >= 4 is 16.7 Å². The summed E-state index contributed by atoms with van der Waals surface area (Å²) >= 11 is 0. The molecular formula is C22H20N4O4. The van der Waals surface area contributed by atoms with Crippen molar-refractivity contribution in [2.24, 2.45) is 0 Å². The number of carbonyl (C=O) groups is 1. The number of Topliss-reactive ketones (excluding diaryl/α,β-unsaturated/α-hetero) is 1. The summed E-state index contributed by atoms with van der Waals surface area (Å²) in [6, 6.07) is 16.2. The number of carbonyl (C=O) groups excluding carboxylic acids is 1. The number of ketones is 1. The minimum absolute atomic E-state index is 0.0423. The third-order valence-corrected chi connectivity index (χ3v) is 4.60. The van der Waals surface area contributed by atoms with Gasteiger partial charge in [-0.3, -0.25) is 9.59 Å². The van der Waals surface area contributed by atoms with E-state index in [2.05, 4.69) is 10.2 Å². The number of aromatic nitrogens is 4. The number of para-hydroxylation sites is 1. The van der Waals surface area contributed by atoms with Crippen molar-refractivity contribution in [1.82, 2.24) is 19.6 Å². The number of hydrogen-bond acceptors (Lipinski definition) is 6. The molecule has 4 aromatic rings. The number of nitrogens with zero attached hydrogens (tertiary/aromatic N) is 4. The second-order valence-electron chi connectivity index (χ2n) is 6.89. The van der Waals surface area contributed by atoms with Gasteiger partial charge in [-0.25, -0.2) is 9.36 Å². The normalized spacial score (nSPS) is 12.1. The molecule has 0 spiro atoms. The Morgan fingerprint density at radius 1 is 1.17 bits per heavy atom. The molecule has 1 atom stereocenters. The predicted octanol–water partition coefficient (Wildman–Crippen LogP) is 2.22. The molecule has 0 bridgehead atoms. The Hall–Kier alpha value is -3.78. The molecule has 0 amide bonds. The topological polar surface area (TPSA) is 99.2 Å². The van der Waals surface area contributed by atoms with Crippen molar-refractivity contribution in [2.75, 3.05) is 6.61 Å². The Morgan fingerprint density at radius 3 is 2.73 bits per heavy atom. The zero-order chi connectivity index (χ0) is 21.1. The van der Waals surface area contributed by atoms with Gasteiger partial charge in [-0.2, -0.15) is 10.2 Å². The van der Waals surface area contributed by atoms with Gasteiger partial charge in [0.1, 0.15) is 18.5 Å². The van der Waals surface area contributed by atoms with Crippen molar-refractivity contribution in [3.05, 3.63) is 82.9 Å². The number of ether oxygens (including phenoxy) is 1. The van der Waals surface area contributed by atoms with Crippen molar-refractivity contribution in [3.63, 3.8) is 0 Å². The predicted molar refractivity (Wildman–Crippen MR) is 111 cm³/mol. The quantitative estimate of drug-likeness (QED) is 0.474. The van der Waals surface area contributed by atoms with Crippen LogP contribution in [0, 0.1) is 0 Å². The van der Waals surface area contributed by atoms with Gasteiger partial charge in [0.05, 0.1) is 18.4 Å². The first kappa shape index (κ1) is 19.5. The molecule has 0 saturated heterocycles. The second-order valence-corrected chi connectivity index (χ2v) is 6.89. The van der Waals surface area contributed by atoms with Crippen LogP contribution >= 0.6 is 0 Å². The third kappa shape index (κ3) is 4.13. The Morgan fingerprint density at radius 2 is 1.97 bits per heavy atom. The maximum absolute atomic E-state index is 12.7. The zero-order valence-corrected chi connectivity index (χ0v) is 16.3. The highest BCUT2D eigenvalue weighted by molar-refractivity contribution is 5.94. The van der Waals surface area contributed by atoms with Crippen LogP contribution in [0.2, 0.25) is 0 Å². The first-order valence-corrected chi connectivity index (χ1v) is 9.44. The monoisotopic (exact) mass is 404 g/mol. The average Bonchev–Trinajstić information content (AvgIpc) is 3.20. The Balaban J connectivity index is 1.48. The highest BCUT2D eigenvalue weighted by Gasteiger charge is 2.14. The number of hydrogen-bond donors (Lipinski definition) is 1. The van der Waals surface area contributed by atoms with E-state index in [1.165, 1.54) is 11.6 Å². The molecule has 1 N–H and O–H groups in total. The number of aliphatic hydroxyl groups is 1. The lowest BCUT2D eigenvalue weighted by molar-refractivity contribution is 0.0880. The maximum Gasteiger partial charge on any atom is 0.295 e. The fourth-order valence-corrected chi connectivity index (χ4v) is 3.05. The van der Waals surface area contributed by atoms with E-state index in [1.807, 2.05) is 30.3 Å². The van der Waals surface area contributed by atoms with Crippen LogP contribution in [0.1, 0.15) is 17.3 Å². The third-order valence-electron chi connectivity index (χ3n) is 4.60. The molecule has 0 fully saturated rings. The van der Waals surface area contributed by atoms with Crippen molar-refractivity contribution in [3.8, 4) is 11.4 Å². The summed E-state index contributed by atoms with van der Waals surface area (Å²) in [5.41, 5.74) is 1.25. The summed E-state index contributed by atoms with van der Waals surface area (Å²) < 4.78 is 8.35. The van der Waals surface area contributed by atoms with Crippen molar-refractivity contribution in [1.29, 1.82) is 0 Å². The first-order chi connectivity index (χ1) is 14.5. The van der Waals surface area contributed by atoms with Gasteiger partial charge in [-0.15, -0.1) is 0 Å². The largest absolute Gasteiger partial charge is 0.491 e. The molecule has 0 aliphatic heterocycles. The zero-order valence-electron chi connectivity index (χ0n) is 16.3. The van der Waals surface area contributed by atoms with Crippen molar-refractivity contribution in [2.45, 2.75) is 19.6 Å². The summed E-state index contributed by atoms with van der Waals surface area (Å²) in [5, 5.41) is 19.4. The molecule has 8 heteroatoms. The molecule has 0 saturated carbocycles. The van der Waals surface area contributed by atoms with E-state index in [0.29, 0.717) is 16.7 Å². The SMILES string of the molecule is CC(=O)c1cccc(OCC(O)Cn2ncc3cn(-c4ccccc4)nc3c2=O)c1. The second kappa shape index (κ2) is 8.30. The molecule has 4 rings (SSSR count). The van der Waals surface area contributed by atoms with E-state index in [1.54, 1.807) is 41.3 Å². The van der Waals surface area contributed by atoms with E-state index in [4.69, 9.17) is 4.74 Å². The summed E-state index contributed by atoms with van der Waals surface area (Å²) in [4.78, 5) is 24.2. The molecule has 0 radical (unpaired) electrons. The molecule has 30 heavy (non-hydrogen) atoms. The molecule has 2 heterocycles. The van der Waals surface area contributed by atoms with Gasteiger partial charge in [0, 0.05) is 17.1 Å². The molecule has 0 aliphatic carbocycles. The van der Waals surface area contributed by atoms with Gasteiger partial charge in [0.15, 0.2) is 11.3 Å². The van der Waals surface area contributed by atoms with Crippen LogP contribution in [0.5, 0.6) is 5.75 Å². The van der Waals surface area contributed by atoms with Gasteiger partial charge < -0.3 is 9.84 Å². The van der Waals surface area contributed by atoms with Crippen LogP contribution < -0.4 is 10.3 Å². The molecule has 2 aromatic carbocycles. The van der Waals surface area contributed by atoms with Crippen LogP contribution in [0.15, 0.2) is 71.8 Å². The summed E-state index contributed by atoms with van der Waals surface area (Å²) in [6.07, 6.45) is 2.32. The molecular weight excluding hydrogens is 384 g/mol. The smallest absolute Gasteiger partial charge is 0.295 e. The van der Waals surface area contributed by atoms with Crippen molar-refractivity contribution < 1.29 is 14.6 Å². The summed E-state index contributed by atoms with van der Waals surface area (Å²) in [7, 11) is 0. The van der Waals surface area contributed by atoms with Crippen LogP contribution in [-0.4, -0.2) is 43.2 Å². The van der Waals surface area contributed by atoms with Crippen LogP contribution in [0.3, 0.4) is 0 Å². The van der Waals surface area contributed by atoms with Gasteiger partial charge >= 0.3 is 0 Å². The Labute approximate surface area is 172 Å². The fourth-order valence-electron chi connectivity index (χ4n) is 3.05. The number of fused-ring (bicyclic) bond motifs is 1. The van der Waals surface area contributed by atoms with Gasteiger partial charge in [0.25, 0.3) is 5.56 Å². The van der Waals surface area contributed by atoms with Crippen LogP contribution in [0.25, 0.3) is 16.6 Å². The highest BCUT2D eigenvalue weighted by atomic mass is 16.5. The highest BCUT2D eigenvalue weighted by Crippen LogP contribution is 2.15. The molecule has 2 aromatic heterocycles. The average molecular weight is 404 g/mol. The summed E-state index contributed by atoms with van der Waals surface area (Å²) in [6.45, 7) is 1.38. The van der Waals surface area contributed by atoms with E-state index >= 15 is 0 Å². The van der Waals surface area contributed by atoms with Crippen LogP contribution in [0.4, 0.5) is 0 Å². The lowest BCUT2D eigenvalue weighted by Crippen LogP contribution is -2.32. The minimum Gasteiger partial charge on any atom is -0.491 e. The van der Waals surface area contributed by atoms with Crippen LogP contribution in [-0.2, 0) is 6.54 Å². The van der Waals surface area contributed by atoms with Gasteiger partial charge in [-0.1, -0.05) is 30.3 Å². The van der Waals surface area contributed by atoms with E-state index < -0.39 is 6.10 Å². The maximum atomic E-state index is 12.7. The minimum atomic E-state index is -0.968. The molecule has 152 valence electrons. The Kier molecular flexibility index (Phi) is 5.40. The van der Waals surface area contributed by atoms with E-state index in [9.17, 15) is 14.7 Å². The molecule has 0 aliphatic rings. The number of benzene rings is 2. The lowest BCUT2D eigenvalue weighted by atomic mass is 10.1. The molecule has 8 nitrogen and oxygen atoms in total. The lowest BCUT2D eigenvalue weighted by Gasteiger charge is -2.13. The fraction of sp³-hybridized carbons (Fsp3) is 0.182. The van der Waals surface area contributed by atoms with E-state index in [-0.39, 0.29) is 30.0 Å². The Bertz CT molecular complexity index is 1250. The number of rotatable bonds is 7.